The second-order valence-electron chi connectivity index (χ2n) is 7.51. The summed E-state index contributed by atoms with van der Waals surface area (Å²) in [5, 5.41) is 11.5. The summed E-state index contributed by atoms with van der Waals surface area (Å²) in [6, 6.07) is 8.11. The van der Waals surface area contributed by atoms with E-state index in [1.54, 1.807) is 11.3 Å². The normalized spacial score (nSPS) is 25.8. The van der Waals surface area contributed by atoms with Crippen LogP contribution in [0.15, 0.2) is 24.3 Å². The molecule has 24 heavy (non-hydrogen) atoms. The molecule has 1 N–H and O–H groups in total. The highest BCUT2D eigenvalue weighted by atomic mass is 32.1. The molecule has 1 saturated heterocycles. The number of aryl methyl sites for hydroxylation is 1. The molecular formula is C19H24N2O2S. The molecular weight excluding hydrogens is 320 g/mol. The van der Waals surface area contributed by atoms with Gasteiger partial charge in [0.1, 0.15) is 0 Å². The molecule has 0 radical (unpaired) electrons. The first-order chi connectivity index (χ1) is 11.5. The fourth-order valence-corrected chi connectivity index (χ4v) is 5.18. The van der Waals surface area contributed by atoms with Gasteiger partial charge in [-0.05, 0) is 44.7 Å². The third kappa shape index (κ3) is 2.64. The van der Waals surface area contributed by atoms with Crippen molar-refractivity contribution in [3.63, 3.8) is 0 Å². The van der Waals surface area contributed by atoms with Crippen molar-refractivity contribution in [1.29, 1.82) is 0 Å². The van der Waals surface area contributed by atoms with Crippen molar-refractivity contribution in [2.24, 2.45) is 5.41 Å². The third-order valence-electron chi connectivity index (χ3n) is 6.20. The monoisotopic (exact) mass is 344 g/mol. The molecule has 5 heteroatoms. The lowest BCUT2D eigenvalue weighted by molar-refractivity contribution is -0.180. The maximum atomic E-state index is 12.5. The molecule has 4 rings (SSSR count). The zero-order chi connectivity index (χ0) is 16.8. The minimum absolute atomic E-state index is 0.0663. The van der Waals surface area contributed by atoms with Crippen molar-refractivity contribution >= 4 is 27.5 Å². The smallest absolute Gasteiger partial charge is 0.222 e. The molecule has 1 aromatic heterocycles. The van der Waals surface area contributed by atoms with E-state index < -0.39 is 5.60 Å². The first-order valence-electron chi connectivity index (χ1n) is 8.84. The van der Waals surface area contributed by atoms with E-state index in [1.807, 2.05) is 30.0 Å². The Morgan fingerprint density at radius 1 is 1.25 bits per heavy atom. The number of nitrogens with zero attached hydrogens (tertiary/aromatic N) is 2. The minimum atomic E-state index is -0.525. The van der Waals surface area contributed by atoms with Crippen LogP contribution >= 0.6 is 11.3 Å². The van der Waals surface area contributed by atoms with Crippen molar-refractivity contribution < 1.29 is 9.90 Å². The highest BCUT2D eigenvalue weighted by Gasteiger charge is 2.55. The Kier molecular flexibility index (Phi) is 3.88. The molecule has 1 aliphatic carbocycles. The Balaban J connectivity index is 1.32. The molecule has 1 aromatic carbocycles. The van der Waals surface area contributed by atoms with Crippen LogP contribution in [-0.2, 0) is 11.2 Å². The van der Waals surface area contributed by atoms with Gasteiger partial charge in [-0.15, -0.1) is 11.3 Å². The van der Waals surface area contributed by atoms with Gasteiger partial charge in [0.25, 0.3) is 0 Å². The highest BCUT2D eigenvalue weighted by molar-refractivity contribution is 7.18. The van der Waals surface area contributed by atoms with Crippen molar-refractivity contribution in [3.05, 3.63) is 29.3 Å². The number of piperidine rings is 1. The van der Waals surface area contributed by atoms with Gasteiger partial charge in [0.05, 0.1) is 20.8 Å². The number of para-hydroxylation sites is 1. The number of hydrogen-bond acceptors (Lipinski definition) is 4. The summed E-state index contributed by atoms with van der Waals surface area (Å²) in [5.41, 5.74) is 0.567. The summed E-state index contributed by atoms with van der Waals surface area (Å²) in [7, 11) is 0. The summed E-state index contributed by atoms with van der Waals surface area (Å²) in [6.07, 6.45) is 5.13. The van der Waals surface area contributed by atoms with E-state index in [0.29, 0.717) is 6.42 Å². The lowest BCUT2D eigenvalue weighted by atomic mass is 9.53. The number of amides is 1. The molecule has 0 bridgehead atoms. The quantitative estimate of drug-likeness (QED) is 0.929. The Morgan fingerprint density at radius 2 is 2.00 bits per heavy atom. The first kappa shape index (κ1) is 16.0. The van der Waals surface area contributed by atoms with Crippen LogP contribution in [0.4, 0.5) is 0 Å². The number of carbonyl (C=O) groups is 1. The Bertz CT molecular complexity index is 727. The van der Waals surface area contributed by atoms with Gasteiger partial charge in [-0.1, -0.05) is 12.1 Å². The average molecular weight is 344 g/mol. The summed E-state index contributed by atoms with van der Waals surface area (Å²) >= 11 is 1.68. The molecule has 2 fully saturated rings. The van der Waals surface area contributed by atoms with E-state index in [0.717, 1.165) is 55.7 Å². The Labute approximate surface area is 146 Å². The molecule has 1 aliphatic heterocycles. The van der Waals surface area contributed by atoms with E-state index >= 15 is 0 Å². The molecule has 1 unspecified atom stereocenters. The van der Waals surface area contributed by atoms with Gasteiger partial charge in [0.2, 0.25) is 5.91 Å². The highest BCUT2D eigenvalue weighted by Crippen LogP contribution is 2.56. The molecule has 1 amide bonds. The predicted octanol–water partition coefficient (Wildman–Crippen LogP) is 3.38. The zero-order valence-electron chi connectivity index (χ0n) is 14.1. The van der Waals surface area contributed by atoms with Crippen LogP contribution in [0, 0.1) is 5.41 Å². The van der Waals surface area contributed by atoms with Crippen LogP contribution in [0.3, 0.4) is 0 Å². The van der Waals surface area contributed by atoms with Crippen LogP contribution in [-0.4, -0.2) is 39.6 Å². The van der Waals surface area contributed by atoms with Crippen LogP contribution in [0.5, 0.6) is 0 Å². The summed E-state index contributed by atoms with van der Waals surface area (Å²) in [5.74, 6) is 0.225. The molecule has 2 aromatic rings. The zero-order valence-corrected chi connectivity index (χ0v) is 14.9. The van der Waals surface area contributed by atoms with E-state index in [2.05, 4.69) is 11.1 Å². The third-order valence-corrected chi connectivity index (χ3v) is 7.29. The van der Waals surface area contributed by atoms with Crippen LogP contribution in [0.1, 0.15) is 44.0 Å². The summed E-state index contributed by atoms with van der Waals surface area (Å²) in [6.45, 7) is 3.53. The standard InChI is InChI=1S/C19H24N2O2S/c1-18(23)8-9-19(18)10-12-21(13-11-19)17(22)7-6-16-20-14-4-2-3-5-15(14)24-16/h2-5,23H,6-13H2,1H3. The maximum Gasteiger partial charge on any atom is 0.222 e. The van der Waals surface area contributed by atoms with Crippen molar-refractivity contribution in [2.75, 3.05) is 13.1 Å². The number of hydrogen-bond donors (Lipinski definition) is 1. The van der Waals surface area contributed by atoms with Gasteiger partial charge < -0.3 is 10.0 Å². The minimum Gasteiger partial charge on any atom is -0.390 e. The Hall–Kier alpha value is -1.46. The van der Waals surface area contributed by atoms with E-state index in [4.69, 9.17) is 0 Å². The van der Waals surface area contributed by atoms with Gasteiger partial charge >= 0.3 is 0 Å². The van der Waals surface area contributed by atoms with Crippen molar-refractivity contribution in [1.82, 2.24) is 9.88 Å². The van der Waals surface area contributed by atoms with Gasteiger partial charge in [-0.2, -0.15) is 0 Å². The van der Waals surface area contributed by atoms with E-state index in [9.17, 15) is 9.90 Å². The van der Waals surface area contributed by atoms with Gasteiger partial charge in [-0.3, -0.25) is 4.79 Å². The number of aliphatic hydroxyl groups is 1. The topological polar surface area (TPSA) is 53.4 Å². The second-order valence-corrected chi connectivity index (χ2v) is 8.63. The number of aromatic nitrogens is 1. The summed E-state index contributed by atoms with van der Waals surface area (Å²) in [4.78, 5) is 19.1. The second kappa shape index (κ2) is 5.81. The molecule has 4 nitrogen and oxygen atoms in total. The number of benzene rings is 1. The Morgan fingerprint density at radius 3 is 2.62 bits per heavy atom. The number of rotatable bonds is 3. The molecule has 2 aliphatic rings. The maximum absolute atomic E-state index is 12.5. The molecule has 1 saturated carbocycles. The van der Waals surface area contributed by atoms with Crippen LogP contribution < -0.4 is 0 Å². The number of likely N-dealkylation sites (tertiary alicyclic amines) is 1. The average Bonchev–Trinajstić information content (AvgIpc) is 3.01. The van der Waals surface area contributed by atoms with Crippen LogP contribution in [0.2, 0.25) is 0 Å². The van der Waals surface area contributed by atoms with Gasteiger partial charge in [0.15, 0.2) is 0 Å². The fraction of sp³-hybridized carbons (Fsp3) is 0.579. The molecule has 1 atom stereocenters. The van der Waals surface area contributed by atoms with Crippen molar-refractivity contribution in [3.8, 4) is 0 Å². The molecule has 128 valence electrons. The van der Waals surface area contributed by atoms with Crippen molar-refractivity contribution in [2.45, 2.75) is 51.0 Å². The summed E-state index contributed by atoms with van der Waals surface area (Å²) < 4.78 is 1.19. The predicted molar refractivity (Wildman–Crippen MR) is 96.0 cm³/mol. The lowest BCUT2D eigenvalue weighted by Crippen LogP contribution is -2.60. The van der Waals surface area contributed by atoms with Gasteiger partial charge in [-0.25, -0.2) is 4.98 Å². The van der Waals surface area contributed by atoms with E-state index in [1.165, 1.54) is 4.70 Å². The molecule has 2 heterocycles. The number of fused-ring (bicyclic) bond motifs is 1. The lowest BCUT2D eigenvalue weighted by Gasteiger charge is -2.58. The SMILES string of the molecule is CC1(O)CCC12CCN(C(=O)CCc1nc3ccccc3s1)CC2. The fourth-order valence-electron chi connectivity index (χ4n) is 4.21. The molecule has 1 spiro atoms. The number of thiazole rings is 1. The van der Waals surface area contributed by atoms with E-state index in [-0.39, 0.29) is 11.3 Å². The largest absolute Gasteiger partial charge is 0.390 e. The first-order valence-corrected chi connectivity index (χ1v) is 9.65. The van der Waals surface area contributed by atoms with Gasteiger partial charge in [0, 0.05) is 31.3 Å². The van der Waals surface area contributed by atoms with Crippen LogP contribution in [0.25, 0.3) is 10.2 Å². The number of carbonyl (C=O) groups excluding carboxylic acids is 1.